The molecule has 1 aliphatic heterocycles. The summed E-state index contributed by atoms with van der Waals surface area (Å²) in [6.45, 7) is 2.17. The predicted molar refractivity (Wildman–Crippen MR) is 82.1 cm³/mol. The molecule has 2 unspecified atom stereocenters. The zero-order chi connectivity index (χ0) is 12.8. The molecule has 3 heteroatoms. The summed E-state index contributed by atoms with van der Waals surface area (Å²) < 4.78 is 0. The molecule has 1 aliphatic carbocycles. The fourth-order valence-electron chi connectivity index (χ4n) is 4.00. The molecular formula is C15H30N2S. The molecule has 2 rings (SSSR count). The van der Waals surface area contributed by atoms with Gasteiger partial charge in [0.05, 0.1) is 0 Å². The first-order valence-corrected chi connectivity index (χ1v) is 9.21. The summed E-state index contributed by atoms with van der Waals surface area (Å²) >= 11 is 1.96. The average Bonchev–Trinajstić information content (AvgIpc) is 3.04. The third kappa shape index (κ3) is 3.64. The minimum Gasteiger partial charge on any atom is -0.329 e. The van der Waals surface area contributed by atoms with Crippen molar-refractivity contribution >= 4 is 11.8 Å². The normalized spacial score (nSPS) is 28.0. The molecule has 2 aliphatic rings. The van der Waals surface area contributed by atoms with E-state index in [1.54, 1.807) is 0 Å². The van der Waals surface area contributed by atoms with Crippen molar-refractivity contribution in [3.63, 3.8) is 0 Å². The van der Waals surface area contributed by atoms with Gasteiger partial charge in [-0.3, -0.25) is 4.90 Å². The van der Waals surface area contributed by atoms with E-state index in [1.807, 2.05) is 11.8 Å². The highest BCUT2D eigenvalue weighted by atomic mass is 32.2. The van der Waals surface area contributed by atoms with Gasteiger partial charge in [0.2, 0.25) is 0 Å². The van der Waals surface area contributed by atoms with Crippen molar-refractivity contribution in [3.05, 3.63) is 0 Å². The lowest BCUT2D eigenvalue weighted by molar-refractivity contribution is 0.131. The van der Waals surface area contributed by atoms with Gasteiger partial charge in [-0.15, -0.1) is 0 Å². The van der Waals surface area contributed by atoms with Crippen molar-refractivity contribution in [2.24, 2.45) is 11.7 Å². The Morgan fingerprint density at radius 2 is 2.00 bits per heavy atom. The average molecular weight is 270 g/mol. The Balaban J connectivity index is 1.86. The van der Waals surface area contributed by atoms with E-state index in [0.717, 1.165) is 18.5 Å². The maximum absolute atomic E-state index is 6.05. The number of nitrogens with zero attached hydrogens (tertiary/aromatic N) is 1. The minimum atomic E-state index is 0.658. The number of hydrogen-bond acceptors (Lipinski definition) is 3. The Labute approximate surface area is 117 Å². The van der Waals surface area contributed by atoms with E-state index in [9.17, 15) is 0 Å². The summed E-state index contributed by atoms with van der Waals surface area (Å²) in [7, 11) is 0. The van der Waals surface area contributed by atoms with E-state index in [0.29, 0.717) is 6.04 Å². The molecule has 0 aromatic rings. The molecule has 1 saturated heterocycles. The van der Waals surface area contributed by atoms with E-state index >= 15 is 0 Å². The number of nitrogens with two attached hydrogens (primary N) is 1. The van der Waals surface area contributed by atoms with Gasteiger partial charge in [-0.25, -0.2) is 0 Å². The number of hydrogen-bond donors (Lipinski definition) is 1. The molecule has 106 valence electrons. The molecule has 0 spiro atoms. The molecule has 0 aromatic carbocycles. The van der Waals surface area contributed by atoms with Crippen LogP contribution in [-0.2, 0) is 0 Å². The number of likely N-dealkylation sites (tertiary alicyclic amines) is 1. The summed E-state index contributed by atoms with van der Waals surface area (Å²) in [6, 6.07) is 1.53. The molecule has 1 heterocycles. The standard InChI is InChI=1S/C15H30N2S/c1-18-11-5-8-14(12-16)17-10-4-9-15(17)13-6-2-3-7-13/h13-15H,2-12,16H2,1H3. The van der Waals surface area contributed by atoms with Crippen LogP contribution in [0.4, 0.5) is 0 Å². The van der Waals surface area contributed by atoms with Gasteiger partial charge in [0.25, 0.3) is 0 Å². The highest BCUT2D eigenvalue weighted by Gasteiger charge is 2.36. The van der Waals surface area contributed by atoms with E-state index < -0.39 is 0 Å². The van der Waals surface area contributed by atoms with Gasteiger partial charge in [-0.1, -0.05) is 12.8 Å². The Morgan fingerprint density at radius 3 is 2.67 bits per heavy atom. The summed E-state index contributed by atoms with van der Waals surface area (Å²) in [5, 5.41) is 0. The number of rotatable bonds is 7. The van der Waals surface area contributed by atoms with Crippen LogP contribution in [-0.4, -0.2) is 42.1 Å². The van der Waals surface area contributed by atoms with Gasteiger partial charge in [0, 0.05) is 18.6 Å². The van der Waals surface area contributed by atoms with Crippen LogP contribution in [0.15, 0.2) is 0 Å². The van der Waals surface area contributed by atoms with Crippen molar-refractivity contribution in [1.29, 1.82) is 0 Å². The zero-order valence-corrected chi connectivity index (χ0v) is 12.8. The maximum Gasteiger partial charge on any atom is 0.0221 e. The molecule has 2 N–H and O–H groups in total. The molecule has 2 fully saturated rings. The van der Waals surface area contributed by atoms with Crippen LogP contribution in [0.2, 0.25) is 0 Å². The monoisotopic (exact) mass is 270 g/mol. The van der Waals surface area contributed by atoms with Crippen LogP contribution < -0.4 is 5.73 Å². The van der Waals surface area contributed by atoms with Crippen molar-refractivity contribution in [3.8, 4) is 0 Å². The third-order valence-electron chi connectivity index (χ3n) is 4.91. The summed E-state index contributed by atoms with van der Waals surface area (Å²) in [5.74, 6) is 2.28. The Hall–Kier alpha value is 0.270. The molecule has 0 radical (unpaired) electrons. The van der Waals surface area contributed by atoms with Crippen LogP contribution in [0, 0.1) is 5.92 Å². The highest BCUT2D eigenvalue weighted by molar-refractivity contribution is 7.98. The van der Waals surface area contributed by atoms with Gasteiger partial charge >= 0.3 is 0 Å². The van der Waals surface area contributed by atoms with Crippen molar-refractivity contribution in [2.75, 3.05) is 25.1 Å². The fraction of sp³-hybridized carbons (Fsp3) is 1.00. The third-order valence-corrected chi connectivity index (χ3v) is 5.61. The van der Waals surface area contributed by atoms with Gasteiger partial charge in [-0.2, -0.15) is 11.8 Å². The van der Waals surface area contributed by atoms with Gasteiger partial charge in [0.1, 0.15) is 0 Å². The Kier molecular flexibility index (Phi) is 6.33. The van der Waals surface area contributed by atoms with Crippen LogP contribution in [0.1, 0.15) is 51.4 Å². The molecule has 18 heavy (non-hydrogen) atoms. The first-order chi connectivity index (χ1) is 8.86. The first-order valence-electron chi connectivity index (χ1n) is 7.81. The number of thioether (sulfide) groups is 1. The highest BCUT2D eigenvalue weighted by Crippen LogP contribution is 2.36. The van der Waals surface area contributed by atoms with E-state index in [2.05, 4.69) is 11.2 Å². The lowest BCUT2D eigenvalue weighted by atomic mass is 9.94. The van der Waals surface area contributed by atoms with E-state index in [1.165, 1.54) is 63.7 Å². The molecule has 1 saturated carbocycles. The van der Waals surface area contributed by atoms with Crippen molar-refractivity contribution < 1.29 is 0 Å². The van der Waals surface area contributed by atoms with Crippen LogP contribution >= 0.6 is 11.8 Å². The SMILES string of the molecule is CSCCCC(CN)N1CCCC1C1CCCC1. The van der Waals surface area contributed by atoms with Gasteiger partial charge in [0.15, 0.2) is 0 Å². The lowest BCUT2D eigenvalue weighted by Crippen LogP contribution is -2.46. The van der Waals surface area contributed by atoms with Crippen LogP contribution in [0.3, 0.4) is 0 Å². The second kappa shape index (κ2) is 7.76. The molecule has 0 aromatic heterocycles. The second-order valence-corrected chi connectivity index (χ2v) is 7.00. The Bertz CT molecular complexity index is 229. The van der Waals surface area contributed by atoms with Crippen molar-refractivity contribution in [1.82, 2.24) is 4.90 Å². The summed E-state index contributed by atoms with van der Waals surface area (Å²) in [6.07, 6.45) is 13.6. The lowest BCUT2D eigenvalue weighted by Gasteiger charge is -2.35. The maximum atomic E-state index is 6.05. The summed E-state index contributed by atoms with van der Waals surface area (Å²) in [4.78, 5) is 2.79. The molecule has 0 bridgehead atoms. The topological polar surface area (TPSA) is 29.3 Å². The molecule has 2 nitrogen and oxygen atoms in total. The molecule has 0 amide bonds. The van der Waals surface area contributed by atoms with Gasteiger partial charge < -0.3 is 5.73 Å². The van der Waals surface area contributed by atoms with E-state index in [4.69, 9.17) is 5.73 Å². The minimum absolute atomic E-state index is 0.658. The Morgan fingerprint density at radius 1 is 1.22 bits per heavy atom. The predicted octanol–water partition coefficient (Wildman–Crippen LogP) is 3.11. The summed E-state index contributed by atoms with van der Waals surface area (Å²) in [5.41, 5.74) is 6.05. The molecular weight excluding hydrogens is 240 g/mol. The second-order valence-electron chi connectivity index (χ2n) is 6.02. The molecule has 2 atom stereocenters. The largest absolute Gasteiger partial charge is 0.329 e. The van der Waals surface area contributed by atoms with Gasteiger partial charge in [-0.05, 0) is 63.0 Å². The zero-order valence-electron chi connectivity index (χ0n) is 11.9. The fourth-order valence-corrected chi connectivity index (χ4v) is 4.45. The van der Waals surface area contributed by atoms with E-state index in [-0.39, 0.29) is 0 Å². The van der Waals surface area contributed by atoms with Crippen LogP contribution in [0.5, 0.6) is 0 Å². The quantitative estimate of drug-likeness (QED) is 0.721. The first kappa shape index (κ1) is 14.7. The van der Waals surface area contributed by atoms with Crippen LogP contribution in [0.25, 0.3) is 0 Å². The van der Waals surface area contributed by atoms with Crippen molar-refractivity contribution in [2.45, 2.75) is 63.5 Å². The smallest absolute Gasteiger partial charge is 0.0221 e.